The quantitative estimate of drug-likeness (QED) is 0.659. The van der Waals surface area contributed by atoms with E-state index in [1.807, 2.05) is 36.1 Å². The monoisotopic (exact) mass is 411 g/mol. The normalized spacial score (nSPS) is 17.3. The van der Waals surface area contributed by atoms with Crippen molar-refractivity contribution in [3.8, 4) is 5.69 Å². The molecule has 0 N–H and O–H groups in total. The highest BCUT2D eigenvalue weighted by molar-refractivity contribution is 6.32. The molecule has 1 atom stereocenters. The summed E-state index contributed by atoms with van der Waals surface area (Å²) in [5.74, 6) is 1.37. The standard InChI is InChI=1S/C20H22ClN7O/c1-14-7-10-26(19-17(21)13-22-15(2)25-19)11-12-27(14)20(29)16-5-3-4-6-18(16)28-23-8-9-24-28/h3-6,8-9,13-14H,7,10-12H2,1-2H3/t14-/m1/s1. The predicted octanol–water partition coefficient (Wildman–Crippen LogP) is 2.76. The van der Waals surface area contributed by atoms with Crippen molar-refractivity contribution in [2.24, 2.45) is 0 Å². The fraction of sp³-hybridized carbons (Fsp3) is 0.350. The van der Waals surface area contributed by atoms with Gasteiger partial charge in [-0.05, 0) is 32.4 Å². The summed E-state index contributed by atoms with van der Waals surface area (Å²) < 4.78 is 0. The fourth-order valence-electron chi connectivity index (χ4n) is 3.56. The Labute approximate surface area is 174 Å². The number of aryl methyl sites for hydroxylation is 1. The molecule has 2 aromatic heterocycles. The van der Waals surface area contributed by atoms with Crippen LogP contribution in [0.2, 0.25) is 5.02 Å². The van der Waals surface area contributed by atoms with E-state index in [1.54, 1.807) is 18.6 Å². The second-order valence-electron chi connectivity index (χ2n) is 7.05. The van der Waals surface area contributed by atoms with E-state index in [2.05, 4.69) is 32.0 Å². The maximum atomic E-state index is 13.4. The van der Waals surface area contributed by atoms with Crippen LogP contribution in [0.3, 0.4) is 0 Å². The van der Waals surface area contributed by atoms with Crippen molar-refractivity contribution in [2.75, 3.05) is 24.5 Å². The first-order valence-electron chi connectivity index (χ1n) is 9.55. The first kappa shape index (κ1) is 19.3. The summed E-state index contributed by atoms with van der Waals surface area (Å²) in [5.41, 5.74) is 1.25. The Hall–Kier alpha value is -3.00. The van der Waals surface area contributed by atoms with E-state index in [0.29, 0.717) is 35.2 Å². The molecule has 0 saturated carbocycles. The number of hydrogen-bond acceptors (Lipinski definition) is 6. The number of rotatable bonds is 3. The zero-order chi connectivity index (χ0) is 20.4. The van der Waals surface area contributed by atoms with Gasteiger partial charge in [-0.15, -0.1) is 0 Å². The molecular formula is C20H22ClN7O. The zero-order valence-electron chi connectivity index (χ0n) is 16.4. The number of halogens is 1. The van der Waals surface area contributed by atoms with E-state index >= 15 is 0 Å². The van der Waals surface area contributed by atoms with Gasteiger partial charge in [0.1, 0.15) is 10.8 Å². The van der Waals surface area contributed by atoms with Crippen LogP contribution in [0.25, 0.3) is 5.69 Å². The van der Waals surface area contributed by atoms with Crippen LogP contribution in [-0.4, -0.2) is 61.4 Å². The van der Waals surface area contributed by atoms with E-state index < -0.39 is 0 Å². The van der Waals surface area contributed by atoms with Crippen molar-refractivity contribution < 1.29 is 4.79 Å². The third kappa shape index (κ3) is 3.93. The highest BCUT2D eigenvalue weighted by Gasteiger charge is 2.28. The third-order valence-corrected chi connectivity index (χ3v) is 5.40. The molecule has 0 radical (unpaired) electrons. The number of benzene rings is 1. The van der Waals surface area contributed by atoms with Gasteiger partial charge in [0.2, 0.25) is 0 Å². The molecule has 9 heteroatoms. The van der Waals surface area contributed by atoms with E-state index in [0.717, 1.165) is 18.8 Å². The van der Waals surface area contributed by atoms with Crippen LogP contribution >= 0.6 is 11.6 Å². The SMILES string of the molecule is Cc1ncc(Cl)c(N2CC[C@@H](C)N(C(=O)c3ccccc3-n3nccn3)CC2)n1. The molecule has 3 aromatic rings. The van der Waals surface area contributed by atoms with E-state index in [9.17, 15) is 4.79 Å². The average molecular weight is 412 g/mol. The third-order valence-electron chi connectivity index (χ3n) is 5.13. The van der Waals surface area contributed by atoms with Gasteiger partial charge >= 0.3 is 0 Å². The second-order valence-corrected chi connectivity index (χ2v) is 7.45. The highest BCUT2D eigenvalue weighted by Crippen LogP contribution is 2.26. The number of carbonyl (C=O) groups excluding carboxylic acids is 1. The number of carbonyl (C=O) groups is 1. The molecule has 29 heavy (non-hydrogen) atoms. The van der Waals surface area contributed by atoms with Gasteiger partial charge < -0.3 is 9.80 Å². The van der Waals surface area contributed by atoms with Gasteiger partial charge in [-0.3, -0.25) is 4.79 Å². The van der Waals surface area contributed by atoms with Crippen LogP contribution in [0.15, 0.2) is 42.9 Å². The molecule has 1 aliphatic heterocycles. The Morgan fingerprint density at radius 2 is 1.90 bits per heavy atom. The zero-order valence-corrected chi connectivity index (χ0v) is 17.1. The molecule has 0 unspecified atom stereocenters. The lowest BCUT2D eigenvalue weighted by Crippen LogP contribution is -2.40. The molecule has 3 heterocycles. The van der Waals surface area contributed by atoms with Gasteiger partial charge in [-0.25, -0.2) is 9.97 Å². The number of hydrogen-bond donors (Lipinski definition) is 0. The molecule has 4 rings (SSSR count). The van der Waals surface area contributed by atoms with Crippen LogP contribution in [0.1, 0.15) is 29.5 Å². The number of para-hydroxylation sites is 1. The molecule has 1 aliphatic rings. The van der Waals surface area contributed by atoms with Gasteiger partial charge in [-0.2, -0.15) is 15.0 Å². The van der Waals surface area contributed by atoms with Crippen LogP contribution in [-0.2, 0) is 0 Å². The molecule has 1 saturated heterocycles. The summed E-state index contributed by atoms with van der Waals surface area (Å²) in [5, 5.41) is 8.89. The van der Waals surface area contributed by atoms with E-state index in [-0.39, 0.29) is 11.9 Å². The first-order chi connectivity index (χ1) is 14.0. The van der Waals surface area contributed by atoms with Gasteiger partial charge in [0.05, 0.1) is 29.8 Å². The number of amides is 1. The lowest BCUT2D eigenvalue weighted by molar-refractivity contribution is 0.0705. The molecule has 0 spiro atoms. The average Bonchev–Trinajstić information content (AvgIpc) is 3.20. The van der Waals surface area contributed by atoms with Gasteiger partial charge in [0.25, 0.3) is 5.91 Å². The van der Waals surface area contributed by atoms with Crippen molar-refractivity contribution in [1.82, 2.24) is 29.9 Å². The maximum absolute atomic E-state index is 13.4. The molecule has 150 valence electrons. The van der Waals surface area contributed by atoms with Crippen molar-refractivity contribution in [1.29, 1.82) is 0 Å². The Morgan fingerprint density at radius 3 is 2.69 bits per heavy atom. The summed E-state index contributed by atoms with van der Waals surface area (Å²) in [7, 11) is 0. The Morgan fingerprint density at radius 1 is 1.14 bits per heavy atom. The van der Waals surface area contributed by atoms with Crippen molar-refractivity contribution >= 4 is 23.3 Å². The smallest absolute Gasteiger partial charge is 0.256 e. The van der Waals surface area contributed by atoms with E-state index in [4.69, 9.17) is 11.6 Å². The van der Waals surface area contributed by atoms with Crippen molar-refractivity contribution in [3.05, 3.63) is 59.3 Å². The Kier molecular flexibility index (Phi) is 5.44. The molecular weight excluding hydrogens is 390 g/mol. The molecule has 0 bridgehead atoms. The molecule has 0 aliphatic carbocycles. The van der Waals surface area contributed by atoms with Crippen LogP contribution in [0.4, 0.5) is 5.82 Å². The lowest BCUT2D eigenvalue weighted by Gasteiger charge is -2.27. The fourth-order valence-corrected chi connectivity index (χ4v) is 3.77. The summed E-state index contributed by atoms with van der Waals surface area (Å²) in [6, 6.07) is 7.49. The largest absolute Gasteiger partial charge is 0.353 e. The van der Waals surface area contributed by atoms with Gasteiger partial charge in [0.15, 0.2) is 5.82 Å². The minimum atomic E-state index is -0.0304. The molecule has 8 nitrogen and oxygen atoms in total. The van der Waals surface area contributed by atoms with Gasteiger partial charge in [-0.1, -0.05) is 23.7 Å². The summed E-state index contributed by atoms with van der Waals surface area (Å²) >= 11 is 6.33. The summed E-state index contributed by atoms with van der Waals surface area (Å²) in [6.45, 7) is 5.90. The minimum absolute atomic E-state index is 0.0304. The number of aromatic nitrogens is 5. The Balaban J connectivity index is 1.59. The first-order valence-corrected chi connectivity index (χ1v) is 9.93. The highest BCUT2D eigenvalue weighted by atomic mass is 35.5. The number of anilines is 1. The van der Waals surface area contributed by atoms with Crippen molar-refractivity contribution in [2.45, 2.75) is 26.3 Å². The second kappa shape index (κ2) is 8.16. The van der Waals surface area contributed by atoms with Crippen LogP contribution < -0.4 is 4.90 Å². The molecule has 1 amide bonds. The van der Waals surface area contributed by atoms with E-state index in [1.165, 1.54) is 4.80 Å². The van der Waals surface area contributed by atoms with Crippen LogP contribution in [0, 0.1) is 6.92 Å². The van der Waals surface area contributed by atoms with Crippen molar-refractivity contribution in [3.63, 3.8) is 0 Å². The minimum Gasteiger partial charge on any atom is -0.353 e. The Bertz CT molecular complexity index is 1010. The predicted molar refractivity (Wildman–Crippen MR) is 110 cm³/mol. The maximum Gasteiger partial charge on any atom is 0.256 e. The summed E-state index contributed by atoms with van der Waals surface area (Å²) in [4.78, 5) is 27.6. The number of nitrogens with zero attached hydrogens (tertiary/aromatic N) is 7. The molecule has 1 aromatic carbocycles. The van der Waals surface area contributed by atoms with Crippen LogP contribution in [0.5, 0.6) is 0 Å². The lowest BCUT2D eigenvalue weighted by atomic mass is 10.1. The molecule has 1 fully saturated rings. The topological polar surface area (TPSA) is 80.0 Å². The summed E-state index contributed by atoms with van der Waals surface area (Å²) in [6.07, 6.45) is 5.64. The van der Waals surface area contributed by atoms with Gasteiger partial charge in [0, 0.05) is 25.7 Å².